The quantitative estimate of drug-likeness (QED) is 0.637. The van der Waals surface area contributed by atoms with Crippen LogP contribution in [0.4, 0.5) is 6.01 Å². The van der Waals surface area contributed by atoms with E-state index >= 15 is 0 Å². The highest BCUT2D eigenvalue weighted by Gasteiger charge is 2.35. The van der Waals surface area contributed by atoms with Crippen molar-refractivity contribution in [3.63, 3.8) is 0 Å². The molecule has 2 aliphatic rings. The van der Waals surface area contributed by atoms with Crippen molar-refractivity contribution in [3.8, 4) is 17.1 Å². The molecule has 0 saturated carbocycles. The highest BCUT2D eigenvalue weighted by atomic mass is 16.5. The minimum Gasteiger partial charge on any atom is -0.497 e. The Morgan fingerprint density at radius 1 is 1.16 bits per heavy atom. The third kappa shape index (κ3) is 3.93. The fourth-order valence-electron chi connectivity index (χ4n) is 4.55. The molecule has 1 aliphatic carbocycles. The number of anilines is 1. The maximum absolute atomic E-state index is 12.9. The Bertz CT molecular complexity index is 1090. The lowest BCUT2D eigenvalue weighted by atomic mass is 9.95. The molecule has 0 radical (unpaired) electrons. The van der Waals surface area contributed by atoms with E-state index in [4.69, 9.17) is 9.26 Å². The smallest absolute Gasteiger partial charge is 0.324 e. The van der Waals surface area contributed by atoms with Gasteiger partial charge in [-0.15, -0.1) is 0 Å². The van der Waals surface area contributed by atoms with Gasteiger partial charge in [-0.2, -0.15) is 4.98 Å². The van der Waals surface area contributed by atoms with Gasteiger partial charge in [0.25, 0.3) is 0 Å². The Labute approximate surface area is 186 Å². The number of aromatic nitrogens is 2. The van der Waals surface area contributed by atoms with Gasteiger partial charge in [-0.05, 0) is 48.2 Å². The molecule has 1 fully saturated rings. The average molecular weight is 434 g/mol. The van der Waals surface area contributed by atoms with Gasteiger partial charge in [0.2, 0.25) is 11.7 Å². The van der Waals surface area contributed by atoms with Crippen LogP contribution in [0, 0.1) is 5.92 Å². The molecule has 3 aromatic rings. The van der Waals surface area contributed by atoms with Gasteiger partial charge >= 0.3 is 6.01 Å². The number of nitrogens with one attached hydrogen (secondary N) is 1. The van der Waals surface area contributed by atoms with E-state index < -0.39 is 6.10 Å². The zero-order chi connectivity index (χ0) is 22.1. The highest BCUT2D eigenvalue weighted by molar-refractivity contribution is 5.79. The van der Waals surface area contributed by atoms with E-state index in [0.29, 0.717) is 44.2 Å². The molecule has 0 unspecified atom stereocenters. The second-order valence-electron chi connectivity index (χ2n) is 8.35. The summed E-state index contributed by atoms with van der Waals surface area (Å²) in [6.45, 7) is 1.32. The number of nitrogens with zero attached hydrogens (tertiary/aromatic N) is 3. The number of fused-ring (bicyclic) bond motifs is 1. The van der Waals surface area contributed by atoms with E-state index in [1.807, 2.05) is 53.4 Å². The number of benzene rings is 2. The summed E-state index contributed by atoms with van der Waals surface area (Å²) < 4.78 is 10.7. The molecule has 1 saturated heterocycles. The number of methoxy groups -OCH3 is 1. The van der Waals surface area contributed by atoms with Gasteiger partial charge in [0.1, 0.15) is 5.75 Å². The first kappa shape index (κ1) is 20.5. The predicted molar refractivity (Wildman–Crippen MR) is 118 cm³/mol. The Morgan fingerprint density at radius 3 is 2.66 bits per heavy atom. The SMILES string of the molecule is COc1ccc(-c2noc(N3CCC(C(=O)N[C@H]4c5ccccc5C[C@H]4O)CC3)n2)cc1. The second-order valence-corrected chi connectivity index (χ2v) is 8.35. The maximum Gasteiger partial charge on any atom is 0.324 e. The molecule has 2 N–H and O–H groups in total. The summed E-state index contributed by atoms with van der Waals surface area (Å²) in [5.41, 5.74) is 2.97. The first-order valence-electron chi connectivity index (χ1n) is 10.9. The first-order valence-corrected chi connectivity index (χ1v) is 10.9. The Morgan fingerprint density at radius 2 is 1.91 bits per heavy atom. The van der Waals surface area contributed by atoms with Crippen LogP contribution in [0.3, 0.4) is 0 Å². The van der Waals surface area contributed by atoms with Gasteiger partial charge in [-0.3, -0.25) is 4.79 Å². The standard InChI is InChI=1S/C24H26N4O4/c1-31-18-8-6-15(7-9-18)22-26-24(32-27-22)28-12-10-16(11-13-28)23(30)25-21-19-5-3-2-4-17(19)14-20(21)29/h2-9,16,20-21,29H,10-14H2,1H3,(H,25,30)/t20-,21+/m1/s1. The molecule has 8 nitrogen and oxygen atoms in total. The minimum atomic E-state index is -0.578. The molecule has 2 heterocycles. The number of amides is 1. The van der Waals surface area contributed by atoms with Crippen LogP contribution in [0.25, 0.3) is 11.4 Å². The summed E-state index contributed by atoms with van der Waals surface area (Å²) in [7, 11) is 1.63. The van der Waals surface area contributed by atoms with E-state index in [2.05, 4.69) is 15.5 Å². The van der Waals surface area contributed by atoms with Gasteiger partial charge in [0, 0.05) is 31.0 Å². The summed E-state index contributed by atoms with van der Waals surface area (Å²) in [6, 6.07) is 15.5. The monoisotopic (exact) mass is 434 g/mol. The molecule has 1 aliphatic heterocycles. The molecule has 0 bridgehead atoms. The van der Waals surface area contributed by atoms with E-state index in [-0.39, 0.29) is 17.9 Å². The topological polar surface area (TPSA) is 101 Å². The lowest BCUT2D eigenvalue weighted by molar-refractivity contribution is -0.127. The summed E-state index contributed by atoms with van der Waals surface area (Å²) in [6.07, 6.45) is 1.38. The number of rotatable bonds is 5. The molecule has 0 spiro atoms. The number of aliphatic hydroxyl groups excluding tert-OH is 1. The van der Waals surface area contributed by atoms with Crippen molar-refractivity contribution in [2.45, 2.75) is 31.4 Å². The average Bonchev–Trinajstić information content (AvgIpc) is 3.44. The van der Waals surface area contributed by atoms with Crippen LogP contribution >= 0.6 is 0 Å². The zero-order valence-electron chi connectivity index (χ0n) is 17.9. The predicted octanol–water partition coefficient (Wildman–Crippen LogP) is 2.74. The Balaban J connectivity index is 1.18. The van der Waals surface area contributed by atoms with Crippen LogP contribution in [0.5, 0.6) is 5.75 Å². The normalized spacial score (nSPS) is 20.8. The van der Waals surface area contributed by atoms with Crippen molar-refractivity contribution in [1.29, 1.82) is 0 Å². The first-order chi connectivity index (χ1) is 15.6. The fourth-order valence-corrected chi connectivity index (χ4v) is 4.55. The van der Waals surface area contributed by atoms with Crippen molar-refractivity contribution in [1.82, 2.24) is 15.5 Å². The van der Waals surface area contributed by atoms with Crippen molar-refractivity contribution in [3.05, 3.63) is 59.7 Å². The second kappa shape index (κ2) is 8.63. The van der Waals surface area contributed by atoms with Crippen LogP contribution in [-0.4, -0.2) is 47.5 Å². The van der Waals surface area contributed by atoms with Gasteiger partial charge in [-0.25, -0.2) is 0 Å². The molecule has 8 heteroatoms. The number of piperidine rings is 1. The lowest BCUT2D eigenvalue weighted by Crippen LogP contribution is -2.43. The molecule has 166 valence electrons. The van der Waals surface area contributed by atoms with Gasteiger partial charge in [0.15, 0.2) is 0 Å². The van der Waals surface area contributed by atoms with Gasteiger partial charge in [0.05, 0.1) is 19.3 Å². The Hall–Kier alpha value is -3.39. The van der Waals surface area contributed by atoms with E-state index in [0.717, 1.165) is 22.4 Å². The third-order valence-electron chi connectivity index (χ3n) is 6.40. The summed E-state index contributed by atoms with van der Waals surface area (Å²) >= 11 is 0. The number of carbonyl (C=O) groups excluding carboxylic acids is 1. The van der Waals surface area contributed by atoms with Crippen molar-refractivity contribution in [2.75, 3.05) is 25.1 Å². The van der Waals surface area contributed by atoms with Crippen LogP contribution in [0.15, 0.2) is 53.1 Å². The molecule has 2 aromatic carbocycles. The number of carbonyl (C=O) groups is 1. The summed E-state index contributed by atoms with van der Waals surface area (Å²) in [4.78, 5) is 19.4. The molecule has 5 rings (SSSR count). The zero-order valence-corrected chi connectivity index (χ0v) is 17.9. The maximum atomic E-state index is 12.9. The van der Waals surface area contributed by atoms with Crippen LogP contribution in [0.1, 0.15) is 30.0 Å². The molecular formula is C24H26N4O4. The van der Waals surface area contributed by atoms with Crippen molar-refractivity contribution in [2.24, 2.45) is 5.92 Å². The lowest BCUT2D eigenvalue weighted by Gasteiger charge is -2.31. The van der Waals surface area contributed by atoms with Gasteiger partial charge < -0.3 is 24.6 Å². The van der Waals surface area contributed by atoms with E-state index in [1.165, 1.54) is 0 Å². The number of aliphatic hydroxyl groups is 1. The van der Waals surface area contributed by atoms with Crippen LogP contribution < -0.4 is 15.0 Å². The van der Waals surface area contributed by atoms with Crippen LogP contribution in [-0.2, 0) is 11.2 Å². The molecule has 1 amide bonds. The largest absolute Gasteiger partial charge is 0.497 e. The van der Waals surface area contributed by atoms with E-state index in [1.54, 1.807) is 7.11 Å². The van der Waals surface area contributed by atoms with Crippen molar-refractivity contribution >= 4 is 11.9 Å². The third-order valence-corrected chi connectivity index (χ3v) is 6.40. The van der Waals surface area contributed by atoms with E-state index in [9.17, 15) is 9.90 Å². The summed E-state index contributed by atoms with van der Waals surface area (Å²) in [5, 5.41) is 17.6. The Kier molecular flexibility index (Phi) is 5.53. The fraction of sp³-hybridized carbons (Fsp3) is 0.375. The summed E-state index contributed by atoms with van der Waals surface area (Å²) in [5.74, 6) is 1.19. The number of hydrogen-bond donors (Lipinski definition) is 2. The molecule has 32 heavy (non-hydrogen) atoms. The number of ether oxygens (including phenoxy) is 1. The number of hydrogen-bond acceptors (Lipinski definition) is 7. The highest BCUT2D eigenvalue weighted by Crippen LogP contribution is 2.32. The minimum absolute atomic E-state index is 0.00476. The van der Waals surface area contributed by atoms with Gasteiger partial charge in [-0.1, -0.05) is 29.4 Å². The molecular weight excluding hydrogens is 408 g/mol. The van der Waals surface area contributed by atoms with Crippen molar-refractivity contribution < 1.29 is 19.2 Å². The molecule has 2 atom stereocenters. The molecule has 1 aromatic heterocycles. The van der Waals surface area contributed by atoms with Crippen LogP contribution in [0.2, 0.25) is 0 Å².